The monoisotopic (exact) mass is 359 g/mol. The van der Waals surface area contributed by atoms with Crippen molar-refractivity contribution >= 4 is 21.6 Å². The Morgan fingerprint density at radius 3 is 2.29 bits per heavy atom. The summed E-state index contributed by atoms with van der Waals surface area (Å²) in [6.45, 7) is 2.01. The summed E-state index contributed by atoms with van der Waals surface area (Å²) in [7, 11) is 0. The molecule has 0 spiro atoms. The topological polar surface area (TPSA) is 35.2 Å². The quantitative estimate of drug-likeness (QED) is 0.788. The normalized spacial score (nSPS) is 11.5. The van der Waals surface area contributed by atoms with Crippen molar-refractivity contribution in [1.82, 2.24) is 0 Å². The fraction of sp³-hybridized carbons (Fsp3) is 0.200. The molecular weight excluding hydrogens is 347 g/mol. The minimum absolute atomic E-state index is 0.158. The highest BCUT2D eigenvalue weighted by Crippen LogP contribution is 2.31. The Morgan fingerprint density at radius 1 is 1.14 bits per heavy atom. The third-order valence-corrected chi connectivity index (χ3v) is 3.39. The molecule has 2 nitrogen and oxygen atoms in total. The number of aryl methyl sites for hydroxylation is 1. The molecule has 0 saturated carbocycles. The van der Waals surface area contributed by atoms with Crippen LogP contribution in [0.15, 0.2) is 40.9 Å². The van der Waals surface area contributed by atoms with Gasteiger partial charge in [0.15, 0.2) is 0 Å². The Bertz CT molecular complexity index is 615. The lowest BCUT2D eigenvalue weighted by Crippen LogP contribution is -2.05. The highest BCUT2D eigenvalue weighted by Gasteiger charge is 2.29. The summed E-state index contributed by atoms with van der Waals surface area (Å²) >= 11 is 3.33. The lowest BCUT2D eigenvalue weighted by atomic mass is 10.1. The van der Waals surface area contributed by atoms with E-state index in [1.165, 1.54) is 12.1 Å². The molecule has 2 rings (SSSR count). The van der Waals surface area contributed by atoms with Crippen molar-refractivity contribution in [2.75, 3.05) is 5.73 Å². The van der Waals surface area contributed by atoms with Crippen molar-refractivity contribution in [2.45, 2.75) is 19.7 Å². The van der Waals surface area contributed by atoms with Crippen molar-refractivity contribution < 1.29 is 17.9 Å². The second-order valence-electron chi connectivity index (χ2n) is 4.62. The number of hydrogen-bond acceptors (Lipinski definition) is 2. The van der Waals surface area contributed by atoms with Gasteiger partial charge in [-0.15, -0.1) is 0 Å². The molecule has 0 atom stereocenters. The van der Waals surface area contributed by atoms with E-state index >= 15 is 0 Å². The largest absolute Gasteiger partial charge is 0.486 e. The first-order valence-electron chi connectivity index (χ1n) is 6.12. The van der Waals surface area contributed by atoms with Crippen LogP contribution in [0, 0.1) is 6.92 Å². The van der Waals surface area contributed by atoms with Crippen LogP contribution in [0.1, 0.15) is 16.7 Å². The van der Waals surface area contributed by atoms with E-state index in [4.69, 9.17) is 10.5 Å². The van der Waals surface area contributed by atoms with Crippen molar-refractivity contribution in [3.63, 3.8) is 0 Å². The second-order valence-corrected chi connectivity index (χ2v) is 5.54. The van der Waals surface area contributed by atoms with Gasteiger partial charge in [-0.25, -0.2) is 0 Å². The Kier molecular flexibility index (Phi) is 4.46. The minimum atomic E-state index is -4.33. The van der Waals surface area contributed by atoms with Crippen LogP contribution < -0.4 is 10.5 Å². The van der Waals surface area contributed by atoms with E-state index in [-0.39, 0.29) is 6.61 Å². The summed E-state index contributed by atoms with van der Waals surface area (Å²) in [4.78, 5) is 0. The van der Waals surface area contributed by atoms with Crippen molar-refractivity contribution in [2.24, 2.45) is 0 Å². The van der Waals surface area contributed by atoms with Gasteiger partial charge >= 0.3 is 6.18 Å². The van der Waals surface area contributed by atoms with Crippen molar-refractivity contribution in [3.05, 3.63) is 57.6 Å². The first-order valence-corrected chi connectivity index (χ1v) is 6.91. The number of halogens is 4. The zero-order valence-corrected chi connectivity index (χ0v) is 12.8. The van der Waals surface area contributed by atoms with Crippen LogP contribution in [-0.4, -0.2) is 0 Å². The molecule has 0 fully saturated rings. The molecule has 0 aliphatic rings. The van der Waals surface area contributed by atoms with Gasteiger partial charge in [0.2, 0.25) is 0 Å². The van der Waals surface area contributed by atoms with Crippen molar-refractivity contribution in [3.8, 4) is 5.75 Å². The van der Waals surface area contributed by atoms with Gasteiger partial charge in [0.25, 0.3) is 0 Å². The molecule has 0 aliphatic heterocycles. The summed E-state index contributed by atoms with van der Waals surface area (Å²) in [5.74, 6) is 0.540. The van der Waals surface area contributed by atoms with Gasteiger partial charge in [-0.05, 0) is 42.3 Å². The van der Waals surface area contributed by atoms with Gasteiger partial charge in [-0.2, -0.15) is 13.2 Å². The number of benzene rings is 2. The zero-order chi connectivity index (χ0) is 15.6. The molecule has 0 unspecified atom stereocenters. The molecule has 0 amide bonds. The molecule has 0 radical (unpaired) electrons. The van der Waals surface area contributed by atoms with Crippen LogP contribution in [0.4, 0.5) is 18.9 Å². The van der Waals surface area contributed by atoms with Crippen LogP contribution >= 0.6 is 15.9 Å². The van der Waals surface area contributed by atoms with Crippen LogP contribution in [0.25, 0.3) is 0 Å². The van der Waals surface area contributed by atoms with Gasteiger partial charge in [0.05, 0.1) is 11.3 Å². The van der Waals surface area contributed by atoms with Gasteiger partial charge in [-0.3, -0.25) is 0 Å². The summed E-state index contributed by atoms with van der Waals surface area (Å²) in [6.07, 6.45) is -4.33. The first kappa shape index (κ1) is 15.7. The third kappa shape index (κ3) is 3.91. The van der Waals surface area contributed by atoms with Crippen LogP contribution in [-0.2, 0) is 12.8 Å². The third-order valence-electron chi connectivity index (χ3n) is 2.93. The standard InChI is InChI=1S/C15H13BrF3NO/c1-9-6-12(16)7-13(20)14(9)21-8-10-2-4-11(5-3-10)15(17,18)19/h2-7H,8,20H2,1H3. The van der Waals surface area contributed by atoms with Gasteiger partial charge in [0.1, 0.15) is 12.4 Å². The summed E-state index contributed by atoms with van der Waals surface area (Å²) < 4.78 is 43.8. The fourth-order valence-electron chi connectivity index (χ4n) is 1.90. The molecule has 0 heterocycles. The molecule has 6 heteroatoms. The van der Waals surface area contributed by atoms with Crippen LogP contribution in [0.2, 0.25) is 0 Å². The summed E-state index contributed by atoms with van der Waals surface area (Å²) in [6, 6.07) is 8.45. The SMILES string of the molecule is Cc1cc(Br)cc(N)c1OCc1ccc(C(F)(F)F)cc1. The highest BCUT2D eigenvalue weighted by molar-refractivity contribution is 9.10. The summed E-state index contributed by atoms with van der Waals surface area (Å²) in [5, 5.41) is 0. The maximum atomic E-state index is 12.5. The molecule has 21 heavy (non-hydrogen) atoms. The van der Waals surface area contributed by atoms with Gasteiger partial charge < -0.3 is 10.5 Å². The van der Waals surface area contributed by atoms with E-state index in [9.17, 15) is 13.2 Å². The maximum Gasteiger partial charge on any atom is 0.416 e. The number of nitrogens with two attached hydrogens (primary N) is 1. The minimum Gasteiger partial charge on any atom is -0.486 e. The van der Waals surface area contributed by atoms with Crippen LogP contribution in [0.3, 0.4) is 0 Å². The number of rotatable bonds is 3. The number of hydrogen-bond donors (Lipinski definition) is 1. The molecule has 0 aromatic heterocycles. The number of anilines is 1. The molecular formula is C15H13BrF3NO. The molecule has 0 bridgehead atoms. The van der Waals surface area contributed by atoms with Crippen molar-refractivity contribution in [1.29, 1.82) is 0 Å². The Labute approximate surface area is 128 Å². The van der Waals surface area contributed by atoms with E-state index in [0.29, 0.717) is 17.0 Å². The lowest BCUT2D eigenvalue weighted by Gasteiger charge is -2.13. The van der Waals surface area contributed by atoms with Gasteiger partial charge in [0, 0.05) is 4.47 Å². The average molecular weight is 360 g/mol. The van der Waals surface area contributed by atoms with E-state index < -0.39 is 11.7 Å². The Morgan fingerprint density at radius 2 is 1.76 bits per heavy atom. The van der Waals surface area contributed by atoms with E-state index in [0.717, 1.165) is 22.2 Å². The maximum absolute atomic E-state index is 12.5. The van der Waals surface area contributed by atoms with E-state index in [1.807, 2.05) is 13.0 Å². The molecule has 2 N–H and O–H groups in total. The number of alkyl halides is 3. The smallest absolute Gasteiger partial charge is 0.416 e. The van der Waals surface area contributed by atoms with E-state index in [2.05, 4.69) is 15.9 Å². The van der Waals surface area contributed by atoms with Gasteiger partial charge in [-0.1, -0.05) is 28.1 Å². The molecule has 112 valence electrons. The highest BCUT2D eigenvalue weighted by atomic mass is 79.9. The number of ether oxygens (including phenoxy) is 1. The molecule has 2 aromatic rings. The predicted octanol–water partition coefficient (Wildman–Crippen LogP) is 4.94. The average Bonchev–Trinajstić information content (AvgIpc) is 2.37. The fourth-order valence-corrected chi connectivity index (χ4v) is 2.49. The lowest BCUT2D eigenvalue weighted by molar-refractivity contribution is -0.137. The molecule has 0 aliphatic carbocycles. The Balaban J connectivity index is 2.10. The second kappa shape index (κ2) is 5.97. The predicted molar refractivity (Wildman–Crippen MR) is 79.1 cm³/mol. The Hall–Kier alpha value is -1.69. The zero-order valence-electron chi connectivity index (χ0n) is 11.2. The molecule has 0 saturated heterocycles. The summed E-state index contributed by atoms with van der Waals surface area (Å²) in [5.41, 5.74) is 7.17. The first-order chi connectivity index (χ1) is 9.77. The van der Waals surface area contributed by atoms with E-state index in [1.54, 1.807) is 6.07 Å². The molecule has 2 aromatic carbocycles. The van der Waals surface area contributed by atoms with Crippen LogP contribution in [0.5, 0.6) is 5.75 Å². The number of nitrogen functional groups attached to an aromatic ring is 1.